The summed E-state index contributed by atoms with van der Waals surface area (Å²) in [6, 6.07) is 9.52. The molecule has 26 heavy (non-hydrogen) atoms. The van der Waals surface area contributed by atoms with Crippen molar-refractivity contribution in [2.45, 2.75) is 6.92 Å². The predicted octanol–water partition coefficient (Wildman–Crippen LogP) is 3.75. The van der Waals surface area contributed by atoms with Gasteiger partial charge in [0.25, 0.3) is 5.91 Å². The van der Waals surface area contributed by atoms with Crippen molar-refractivity contribution in [3.63, 3.8) is 0 Å². The topological polar surface area (TPSA) is 88.7 Å². The van der Waals surface area contributed by atoms with Crippen LogP contribution in [-0.2, 0) is 0 Å². The minimum atomic E-state index is -0.372. The van der Waals surface area contributed by atoms with Crippen molar-refractivity contribution < 1.29 is 19.1 Å². The molecule has 2 aromatic carbocycles. The summed E-state index contributed by atoms with van der Waals surface area (Å²) in [5.41, 5.74) is 1.39. The van der Waals surface area contributed by atoms with E-state index < -0.39 is 0 Å². The number of nitrogens with one attached hydrogen (secondary N) is 3. The number of urea groups is 1. The van der Waals surface area contributed by atoms with Crippen LogP contribution in [0.2, 0.25) is 5.02 Å². The Morgan fingerprint density at radius 3 is 2.35 bits per heavy atom. The van der Waals surface area contributed by atoms with E-state index in [0.717, 1.165) is 0 Å². The molecule has 0 radical (unpaired) electrons. The molecule has 0 spiro atoms. The van der Waals surface area contributed by atoms with Crippen LogP contribution in [0.15, 0.2) is 36.4 Å². The van der Waals surface area contributed by atoms with Crippen LogP contribution < -0.4 is 25.4 Å². The molecule has 0 aliphatic rings. The van der Waals surface area contributed by atoms with Crippen molar-refractivity contribution in [1.29, 1.82) is 0 Å². The molecule has 0 fully saturated rings. The quantitative estimate of drug-likeness (QED) is 0.715. The van der Waals surface area contributed by atoms with Gasteiger partial charge in [0.15, 0.2) is 11.5 Å². The van der Waals surface area contributed by atoms with E-state index >= 15 is 0 Å². The monoisotopic (exact) mass is 377 g/mol. The van der Waals surface area contributed by atoms with Gasteiger partial charge in [-0.1, -0.05) is 17.7 Å². The predicted molar refractivity (Wildman–Crippen MR) is 102 cm³/mol. The third kappa shape index (κ3) is 4.80. The van der Waals surface area contributed by atoms with Gasteiger partial charge in [-0.25, -0.2) is 4.79 Å². The number of methoxy groups -OCH3 is 2. The van der Waals surface area contributed by atoms with Gasteiger partial charge in [0.1, 0.15) is 0 Å². The summed E-state index contributed by atoms with van der Waals surface area (Å²) in [4.78, 5) is 24.1. The highest BCUT2D eigenvalue weighted by molar-refractivity contribution is 6.32. The van der Waals surface area contributed by atoms with E-state index in [4.69, 9.17) is 21.1 Å². The number of hydrogen-bond donors (Lipinski definition) is 3. The molecule has 7 nitrogen and oxygen atoms in total. The van der Waals surface area contributed by atoms with Crippen molar-refractivity contribution >= 4 is 34.9 Å². The van der Waals surface area contributed by atoms with E-state index in [1.54, 1.807) is 24.3 Å². The molecule has 0 aliphatic carbocycles. The fourth-order valence-electron chi connectivity index (χ4n) is 2.26. The van der Waals surface area contributed by atoms with Crippen LogP contribution in [0.4, 0.5) is 16.2 Å². The largest absolute Gasteiger partial charge is 0.493 e. The summed E-state index contributed by atoms with van der Waals surface area (Å²) in [6.45, 7) is 2.34. The van der Waals surface area contributed by atoms with Gasteiger partial charge in [-0.05, 0) is 37.3 Å². The van der Waals surface area contributed by atoms with Gasteiger partial charge in [0.2, 0.25) is 0 Å². The summed E-state index contributed by atoms with van der Waals surface area (Å²) < 4.78 is 10.4. The van der Waals surface area contributed by atoms with E-state index in [1.807, 2.05) is 6.92 Å². The van der Waals surface area contributed by atoms with E-state index in [-0.39, 0.29) is 17.0 Å². The van der Waals surface area contributed by atoms with Gasteiger partial charge < -0.3 is 25.4 Å². The molecule has 2 aromatic rings. The van der Waals surface area contributed by atoms with Gasteiger partial charge in [0.05, 0.1) is 19.2 Å². The summed E-state index contributed by atoms with van der Waals surface area (Å²) in [5.74, 6) is 0.346. The molecule has 2 rings (SSSR count). The highest BCUT2D eigenvalue weighted by Crippen LogP contribution is 2.36. The Morgan fingerprint density at radius 2 is 1.73 bits per heavy atom. The molecule has 3 amide bonds. The summed E-state index contributed by atoms with van der Waals surface area (Å²) in [7, 11) is 2.93. The van der Waals surface area contributed by atoms with Crippen LogP contribution in [0.3, 0.4) is 0 Å². The number of rotatable bonds is 6. The molecule has 0 atom stereocenters. The Morgan fingerprint density at radius 1 is 1.04 bits per heavy atom. The van der Waals surface area contributed by atoms with Crippen LogP contribution in [0.5, 0.6) is 11.5 Å². The Bertz CT molecular complexity index is 811. The second-order valence-corrected chi connectivity index (χ2v) is 5.62. The molecule has 138 valence electrons. The minimum Gasteiger partial charge on any atom is -0.493 e. The molecular weight excluding hydrogens is 358 g/mol. The number of anilines is 2. The number of halogens is 1. The zero-order chi connectivity index (χ0) is 19.1. The number of ether oxygens (including phenoxy) is 2. The fourth-order valence-corrected chi connectivity index (χ4v) is 2.55. The number of benzene rings is 2. The maximum absolute atomic E-state index is 12.5. The van der Waals surface area contributed by atoms with E-state index in [2.05, 4.69) is 16.0 Å². The highest BCUT2D eigenvalue weighted by atomic mass is 35.5. The first-order chi connectivity index (χ1) is 12.5. The third-order valence-electron chi connectivity index (χ3n) is 3.41. The number of hydrogen-bond acceptors (Lipinski definition) is 4. The zero-order valence-corrected chi connectivity index (χ0v) is 15.4. The lowest BCUT2D eigenvalue weighted by atomic mass is 10.1. The van der Waals surface area contributed by atoms with E-state index in [1.165, 1.54) is 26.4 Å². The maximum atomic E-state index is 12.5. The Hall–Kier alpha value is -2.93. The molecule has 8 heteroatoms. The minimum absolute atomic E-state index is 0.267. The number of carbonyl (C=O) groups is 2. The molecule has 0 bridgehead atoms. The van der Waals surface area contributed by atoms with Crippen molar-refractivity contribution in [3.8, 4) is 11.5 Å². The maximum Gasteiger partial charge on any atom is 0.319 e. The van der Waals surface area contributed by atoms with Crippen molar-refractivity contribution in [2.24, 2.45) is 0 Å². The van der Waals surface area contributed by atoms with E-state index in [9.17, 15) is 9.59 Å². The average molecular weight is 378 g/mol. The first-order valence-corrected chi connectivity index (χ1v) is 8.24. The van der Waals surface area contributed by atoms with Gasteiger partial charge >= 0.3 is 6.03 Å². The summed E-state index contributed by atoms with van der Waals surface area (Å²) in [5, 5.41) is 8.33. The van der Waals surface area contributed by atoms with Crippen LogP contribution in [0, 0.1) is 0 Å². The van der Waals surface area contributed by atoms with Gasteiger partial charge in [-0.2, -0.15) is 0 Å². The molecule has 0 saturated heterocycles. The normalized spacial score (nSPS) is 10.0. The summed E-state index contributed by atoms with van der Waals surface area (Å²) >= 11 is 6.13. The highest BCUT2D eigenvalue weighted by Gasteiger charge is 2.15. The zero-order valence-electron chi connectivity index (χ0n) is 14.7. The molecule has 0 unspecified atom stereocenters. The number of carbonyl (C=O) groups excluding carboxylic acids is 2. The van der Waals surface area contributed by atoms with Crippen LogP contribution in [-0.4, -0.2) is 32.7 Å². The first kappa shape index (κ1) is 19.4. The standard InChI is InChI=1S/C18H20ClN3O4/c1-4-20-18(24)22-13-7-5-6-12(10-13)21-17(23)11-8-14(19)16(26-3)15(9-11)25-2/h5-10H,4H2,1-3H3,(H,21,23)(H2,20,22,24). The molecule has 0 aromatic heterocycles. The van der Waals surface area contributed by atoms with Gasteiger partial charge in [-0.3, -0.25) is 4.79 Å². The second-order valence-electron chi connectivity index (χ2n) is 5.21. The molecule has 0 heterocycles. The average Bonchev–Trinajstić information content (AvgIpc) is 2.61. The first-order valence-electron chi connectivity index (χ1n) is 7.86. The Kier molecular flexibility index (Phi) is 6.68. The SMILES string of the molecule is CCNC(=O)Nc1cccc(NC(=O)c2cc(Cl)c(OC)c(OC)c2)c1. The second kappa shape index (κ2) is 8.96. The molecule has 0 aliphatic heterocycles. The van der Waals surface area contributed by atoms with Crippen molar-refractivity contribution in [1.82, 2.24) is 5.32 Å². The fraction of sp³-hybridized carbons (Fsp3) is 0.222. The van der Waals surface area contributed by atoms with Crippen LogP contribution in [0.1, 0.15) is 17.3 Å². The smallest absolute Gasteiger partial charge is 0.319 e. The van der Waals surface area contributed by atoms with Crippen LogP contribution >= 0.6 is 11.6 Å². The Balaban J connectivity index is 2.17. The summed E-state index contributed by atoms with van der Waals surface area (Å²) in [6.07, 6.45) is 0. The third-order valence-corrected chi connectivity index (χ3v) is 3.69. The van der Waals surface area contributed by atoms with Gasteiger partial charge in [-0.15, -0.1) is 0 Å². The molecule has 3 N–H and O–H groups in total. The van der Waals surface area contributed by atoms with Crippen molar-refractivity contribution in [3.05, 3.63) is 47.0 Å². The lowest BCUT2D eigenvalue weighted by Gasteiger charge is -2.12. The number of amides is 3. The van der Waals surface area contributed by atoms with Crippen molar-refractivity contribution in [2.75, 3.05) is 31.4 Å². The molecular formula is C18H20ClN3O4. The Labute approximate surface area is 156 Å². The van der Waals surface area contributed by atoms with Gasteiger partial charge in [0, 0.05) is 23.5 Å². The van der Waals surface area contributed by atoms with Crippen LogP contribution in [0.25, 0.3) is 0 Å². The van der Waals surface area contributed by atoms with E-state index in [0.29, 0.717) is 35.0 Å². The lowest BCUT2D eigenvalue weighted by molar-refractivity contribution is 0.102. The molecule has 0 saturated carbocycles. The lowest BCUT2D eigenvalue weighted by Crippen LogP contribution is -2.28.